The van der Waals surface area contributed by atoms with E-state index >= 15 is 0 Å². The number of ether oxygens (including phenoxy) is 1. The van der Waals surface area contributed by atoms with E-state index in [4.69, 9.17) is 16.3 Å². The fourth-order valence-corrected chi connectivity index (χ4v) is 3.83. The maximum atomic E-state index is 11.2. The second-order valence-electron chi connectivity index (χ2n) is 3.53. The van der Waals surface area contributed by atoms with E-state index in [1.807, 2.05) is 31.2 Å². The Morgan fingerprint density at radius 1 is 1.28 bits per heavy atom. The Labute approximate surface area is 117 Å². The monoisotopic (exact) mass is 301 g/mol. The SMILES string of the molecule is CCOc1ccc(CNc2ssc(=O)c2Cl)cc1. The minimum Gasteiger partial charge on any atom is -0.494 e. The molecule has 0 aliphatic carbocycles. The van der Waals surface area contributed by atoms with E-state index in [2.05, 4.69) is 5.32 Å². The molecule has 2 aromatic rings. The number of hydrogen-bond donors (Lipinski definition) is 1. The van der Waals surface area contributed by atoms with Crippen LogP contribution in [0.25, 0.3) is 0 Å². The predicted octanol–water partition coefficient (Wildman–Crippen LogP) is 3.83. The molecule has 0 aliphatic heterocycles. The van der Waals surface area contributed by atoms with E-state index in [1.165, 1.54) is 10.3 Å². The van der Waals surface area contributed by atoms with Gasteiger partial charge in [-0.2, -0.15) is 0 Å². The Bertz CT molecular complexity index is 562. The first-order valence-electron chi connectivity index (χ1n) is 5.45. The molecule has 1 aromatic heterocycles. The van der Waals surface area contributed by atoms with Gasteiger partial charge in [0.15, 0.2) is 0 Å². The summed E-state index contributed by atoms with van der Waals surface area (Å²) in [5.41, 5.74) is 1.11. The third-order valence-electron chi connectivity index (χ3n) is 2.27. The van der Waals surface area contributed by atoms with Gasteiger partial charge in [0.1, 0.15) is 15.8 Å². The van der Waals surface area contributed by atoms with Crippen molar-refractivity contribution in [2.24, 2.45) is 0 Å². The van der Waals surface area contributed by atoms with Crippen LogP contribution in [-0.2, 0) is 6.54 Å². The van der Waals surface area contributed by atoms with Crippen LogP contribution in [-0.4, -0.2) is 6.61 Å². The highest BCUT2D eigenvalue weighted by atomic mass is 35.5. The van der Waals surface area contributed by atoms with E-state index in [0.29, 0.717) is 13.2 Å². The third kappa shape index (κ3) is 3.25. The normalized spacial score (nSPS) is 10.3. The molecule has 0 spiro atoms. The number of anilines is 1. The second kappa shape index (κ2) is 6.22. The Morgan fingerprint density at radius 2 is 2.00 bits per heavy atom. The molecule has 3 nitrogen and oxygen atoms in total. The lowest BCUT2D eigenvalue weighted by Gasteiger charge is -2.06. The van der Waals surface area contributed by atoms with Gasteiger partial charge in [-0.3, -0.25) is 4.79 Å². The third-order valence-corrected chi connectivity index (χ3v) is 5.01. The molecule has 0 unspecified atom stereocenters. The van der Waals surface area contributed by atoms with E-state index in [0.717, 1.165) is 26.7 Å². The summed E-state index contributed by atoms with van der Waals surface area (Å²) < 4.78 is 5.28. The average molecular weight is 302 g/mol. The van der Waals surface area contributed by atoms with Crippen LogP contribution in [0, 0.1) is 0 Å². The van der Waals surface area contributed by atoms with Crippen molar-refractivity contribution in [2.45, 2.75) is 13.5 Å². The molecule has 1 aromatic carbocycles. The molecule has 0 radical (unpaired) electrons. The summed E-state index contributed by atoms with van der Waals surface area (Å²) in [6.07, 6.45) is 0. The van der Waals surface area contributed by atoms with Crippen molar-refractivity contribution in [3.63, 3.8) is 0 Å². The lowest BCUT2D eigenvalue weighted by atomic mass is 10.2. The molecule has 1 heterocycles. The first-order chi connectivity index (χ1) is 8.70. The van der Waals surface area contributed by atoms with Crippen molar-refractivity contribution < 1.29 is 4.74 Å². The highest BCUT2D eigenvalue weighted by molar-refractivity contribution is 7.70. The zero-order valence-corrected chi connectivity index (χ0v) is 12.1. The largest absolute Gasteiger partial charge is 0.494 e. The Hall–Kier alpha value is -1.04. The van der Waals surface area contributed by atoms with Crippen LogP contribution in [0.5, 0.6) is 5.75 Å². The molecular weight excluding hydrogens is 290 g/mol. The van der Waals surface area contributed by atoms with Gasteiger partial charge in [0, 0.05) is 6.54 Å². The number of rotatable bonds is 5. The molecular formula is C12H12ClNO2S2. The zero-order chi connectivity index (χ0) is 13.0. The Balaban J connectivity index is 1.98. The maximum Gasteiger partial charge on any atom is 0.263 e. The summed E-state index contributed by atoms with van der Waals surface area (Å²) in [5.74, 6) is 0.861. The molecule has 0 saturated heterocycles. The molecule has 18 heavy (non-hydrogen) atoms. The summed E-state index contributed by atoms with van der Waals surface area (Å²) in [5, 5.41) is 4.18. The molecule has 96 valence electrons. The average Bonchev–Trinajstić information content (AvgIpc) is 2.70. The highest BCUT2D eigenvalue weighted by Gasteiger charge is 2.07. The fraction of sp³-hybridized carbons (Fsp3) is 0.250. The van der Waals surface area contributed by atoms with Gasteiger partial charge < -0.3 is 10.1 Å². The van der Waals surface area contributed by atoms with Gasteiger partial charge in [0.25, 0.3) is 4.74 Å². The van der Waals surface area contributed by atoms with Crippen molar-refractivity contribution in [2.75, 3.05) is 11.9 Å². The molecule has 0 bridgehead atoms. The summed E-state index contributed by atoms with van der Waals surface area (Å²) in [4.78, 5) is 11.2. The molecule has 0 atom stereocenters. The topological polar surface area (TPSA) is 38.3 Å². The fourth-order valence-electron chi connectivity index (χ4n) is 1.40. The van der Waals surface area contributed by atoms with E-state index in [9.17, 15) is 4.79 Å². The number of nitrogens with one attached hydrogen (secondary N) is 1. The first-order valence-corrected chi connectivity index (χ1v) is 7.97. The van der Waals surface area contributed by atoms with Crippen LogP contribution >= 0.6 is 32.3 Å². The lowest BCUT2D eigenvalue weighted by molar-refractivity contribution is 0.340. The number of hydrogen-bond acceptors (Lipinski definition) is 5. The minimum atomic E-state index is -0.0872. The van der Waals surface area contributed by atoms with Gasteiger partial charge in [-0.05, 0) is 35.0 Å². The van der Waals surface area contributed by atoms with E-state index in [-0.39, 0.29) is 9.77 Å². The lowest BCUT2D eigenvalue weighted by Crippen LogP contribution is -2.00. The van der Waals surface area contributed by atoms with Crippen LogP contribution in [0.3, 0.4) is 0 Å². The molecule has 0 amide bonds. The Morgan fingerprint density at radius 3 is 2.56 bits per heavy atom. The zero-order valence-electron chi connectivity index (χ0n) is 9.73. The molecule has 0 aliphatic rings. The van der Waals surface area contributed by atoms with Crippen LogP contribution in [0.2, 0.25) is 5.02 Å². The van der Waals surface area contributed by atoms with Gasteiger partial charge in [0.05, 0.1) is 6.61 Å². The quantitative estimate of drug-likeness (QED) is 0.853. The predicted molar refractivity (Wildman–Crippen MR) is 78.4 cm³/mol. The first kappa shape index (κ1) is 13.4. The van der Waals surface area contributed by atoms with Crippen LogP contribution < -0.4 is 14.8 Å². The molecule has 6 heteroatoms. The molecule has 1 N–H and O–H groups in total. The summed E-state index contributed by atoms with van der Waals surface area (Å²) in [6, 6.07) is 7.83. The molecule has 2 rings (SSSR count). The summed E-state index contributed by atoms with van der Waals surface area (Å²) in [7, 11) is 2.51. The van der Waals surface area contributed by atoms with Crippen molar-refractivity contribution in [1.29, 1.82) is 0 Å². The van der Waals surface area contributed by atoms with E-state index < -0.39 is 0 Å². The second-order valence-corrected chi connectivity index (χ2v) is 6.02. The standard InChI is InChI=1S/C12H12ClNO2S2/c1-2-16-9-5-3-8(4-6-9)7-14-11-10(13)12(15)18-17-11/h3-6,14H,2,7H2,1H3. The van der Waals surface area contributed by atoms with Crippen LogP contribution in [0.4, 0.5) is 5.00 Å². The van der Waals surface area contributed by atoms with Gasteiger partial charge in [-0.25, -0.2) is 0 Å². The van der Waals surface area contributed by atoms with Crippen molar-refractivity contribution >= 4 is 37.3 Å². The van der Waals surface area contributed by atoms with Crippen molar-refractivity contribution in [1.82, 2.24) is 0 Å². The smallest absolute Gasteiger partial charge is 0.263 e. The number of halogens is 1. The van der Waals surface area contributed by atoms with E-state index in [1.54, 1.807) is 0 Å². The highest BCUT2D eigenvalue weighted by Crippen LogP contribution is 2.27. The van der Waals surface area contributed by atoms with Gasteiger partial charge in [-0.15, -0.1) is 0 Å². The van der Waals surface area contributed by atoms with Gasteiger partial charge >= 0.3 is 0 Å². The molecule has 0 fully saturated rings. The van der Waals surface area contributed by atoms with Crippen molar-refractivity contribution in [3.8, 4) is 5.75 Å². The van der Waals surface area contributed by atoms with Crippen LogP contribution in [0.15, 0.2) is 29.1 Å². The minimum absolute atomic E-state index is 0.0872. The Kier molecular flexibility index (Phi) is 4.63. The number of benzene rings is 1. The summed E-state index contributed by atoms with van der Waals surface area (Å²) in [6.45, 7) is 3.25. The van der Waals surface area contributed by atoms with Gasteiger partial charge in [-0.1, -0.05) is 34.1 Å². The maximum absolute atomic E-state index is 11.2. The van der Waals surface area contributed by atoms with Gasteiger partial charge in [0.2, 0.25) is 0 Å². The summed E-state index contributed by atoms with van der Waals surface area (Å²) >= 11 is 5.87. The molecule has 0 saturated carbocycles. The van der Waals surface area contributed by atoms with Crippen molar-refractivity contribution in [3.05, 3.63) is 44.4 Å². The van der Waals surface area contributed by atoms with Crippen LogP contribution in [0.1, 0.15) is 12.5 Å².